The lowest BCUT2D eigenvalue weighted by Gasteiger charge is -2.13. The van der Waals surface area contributed by atoms with Gasteiger partial charge in [0.1, 0.15) is 0 Å². The van der Waals surface area contributed by atoms with Gasteiger partial charge in [0.2, 0.25) is 0 Å². The largest absolute Gasteiger partial charge is 0.387 e. The molecule has 1 N–H and O–H groups in total. The van der Waals surface area contributed by atoms with Crippen LogP contribution in [0.1, 0.15) is 13.8 Å². The molecular weight excluding hydrogens is 295 g/mol. The molecule has 0 spiro atoms. The molecule has 10 heteroatoms. The third-order valence-electron chi connectivity index (χ3n) is 1.11. The van der Waals surface area contributed by atoms with E-state index in [2.05, 4.69) is 33.8 Å². The van der Waals surface area contributed by atoms with Crippen LogP contribution in [0.4, 0.5) is 7.77 Å². The monoisotopic (exact) mass is 314 g/mol. The Kier molecular flexibility index (Phi) is 7.93. The number of halogens is 2. The SMILES string of the molecule is CC(C)C[P+](C)(C)C.O=S(=O)(F)NS(=O)(=O)F. The van der Waals surface area contributed by atoms with Gasteiger partial charge in [-0.3, -0.25) is 0 Å². The first-order chi connectivity index (χ1) is 7.12. The molecule has 5 nitrogen and oxygen atoms in total. The lowest BCUT2D eigenvalue weighted by molar-refractivity contribution is 0.527. The second-order valence-corrected chi connectivity index (χ2v) is 12.2. The van der Waals surface area contributed by atoms with E-state index in [1.54, 1.807) is 0 Å². The predicted octanol–water partition coefficient (Wildman–Crippen LogP) is 1.55. The van der Waals surface area contributed by atoms with E-state index in [-0.39, 0.29) is 4.13 Å². The summed E-state index contributed by atoms with van der Waals surface area (Å²) in [6.45, 7) is 11.8. The molecule has 0 aromatic carbocycles. The number of rotatable bonds is 4. The van der Waals surface area contributed by atoms with Crippen molar-refractivity contribution >= 4 is 28.1 Å². The maximum Gasteiger partial charge on any atom is 0.387 e. The Labute approximate surface area is 103 Å². The van der Waals surface area contributed by atoms with E-state index in [4.69, 9.17) is 0 Å². The lowest BCUT2D eigenvalue weighted by atomic mass is 10.3. The van der Waals surface area contributed by atoms with Crippen molar-refractivity contribution in [2.24, 2.45) is 5.92 Å². The van der Waals surface area contributed by atoms with Gasteiger partial charge in [-0.25, -0.2) is 0 Å². The van der Waals surface area contributed by atoms with Crippen LogP contribution >= 0.6 is 7.26 Å². The van der Waals surface area contributed by atoms with Gasteiger partial charge >= 0.3 is 20.8 Å². The molecule has 0 aliphatic rings. The molecule has 0 unspecified atom stereocenters. The topological polar surface area (TPSA) is 80.3 Å². The molecule has 0 amide bonds. The summed E-state index contributed by atoms with van der Waals surface area (Å²) in [6, 6.07) is 0. The first-order valence-electron chi connectivity index (χ1n) is 4.60. The fourth-order valence-corrected chi connectivity index (χ4v) is 4.36. The summed E-state index contributed by atoms with van der Waals surface area (Å²) in [7, 11) is -11.5. The highest BCUT2D eigenvalue weighted by Gasteiger charge is 2.18. The average Bonchev–Trinajstić information content (AvgIpc) is 1.68. The highest BCUT2D eigenvalue weighted by molar-refractivity contribution is 7.99. The fraction of sp³-hybridized carbons (Fsp3) is 1.00. The Morgan fingerprint density at radius 1 is 1.00 bits per heavy atom. The predicted molar refractivity (Wildman–Crippen MR) is 67.6 cm³/mol. The molecule has 106 valence electrons. The van der Waals surface area contributed by atoms with Crippen LogP contribution in [0.25, 0.3) is 0 Å². The van der Waals surface area contributed by atoms with Crippen molar-refractivity contribution in [2.75, 3.05) is 26.2 Å². The minimum Gasteiger partial charge on any atom is -0.176 e. The summed E-state index contributed by atoms with van der Waals surface area (Å²) in [4.78, 5) is 0. The highest BCUT2D eigenvalue weighted by atomic mass is 32.3. The van der Waals surface area contributed by atoms with E-state index < -0.39 is 28.1 Å². The van der Waals surface area contributed by atoms with Crippen LogP contribution in [0.3, 0.4) is 0 Å². The van der Waals surface area contributed by atoms with E-state index in [9.17, 15) is 24.6 Å². The summed E-state index contributed by atoms with van der Waals surface area (Å²) in [5.41, 5.74) is 0. The Balaban J connectivity index is 0. The van der Waals surface area contributed by atoms with Gasteiger partial charge in [-0.1, -0.05) is 25.7 Å². The molecule has 17 heavy (non-hydrogen) atoms. The van der Waals surface area contributed by atoms with Crippen molar-refractivity contribution in [1.82, 2.24) is 4.13 Å². The van der Waals surface area contributed by atoms with Crippen LogP contribution in [0, 0.1) is 5.92 Å². The lowest BCUT2D eigenvalue weighted by Crippen LogP contribution is -2.23. The van der Waals surface area contributed by atoms with Crippen LogP contribution in [-0.2, 0) is 20.8 Å². The first-order valence-corrected chi connectivity index (χ1v) is 10.7. The third kappa shape index (κ3) is 26.0. The minimum atomic E-state index is -5.49. The average molecular weight is 314 g/mol. The Hall–Kier alpha value is 0.150. The van der Waals surface area contributed by atoms with E-state index in [0.717, 1.165) is 5.92 Å². The molecule has 0 saturated heterocycles. The van der Waals surface area contributed by atoms with Crippen LogP contribution in [0.5, 0.6) is 0 Å². The second kappa shape index (κ2) is 6.92. The molecule has 0 rings (SSSR count). The molecular formula is C7H19F2NO4PS2+. The van der Waals surface area contributed by atoms with Gasteiger partial charge < -0.3 is 0 Å². The Morgan fingerprint density at radius 2 is 1.29 bits per heavy atom. The Morgan fingerprint density at radius 3 is 1.29 bits per heavy atom. The van der Waals surface area contributed by atoms with Crippen LogP contribution in [-0.4, -0.2) is 43.0 Å². The number of hydrogen-bond acceptors (Lipinski definition) is 4. The zero-order valence-corrected chi connectivity index (χ0v) is 13.0. The van der Waals surface area contributed by atoms with E-state index in [0.29, 0.717) is 0 Å². The molecule has 0 aromatic heterocycles. The molecule has 0 aromatic rings. The van der Waals surface area contributed by atoms with Crippen LogP contribution in [0.2, 0.25) is 0 Å². The minimum absolute atomic E-state index is 0.0694. The van der Waals surface area contributed by atoms with Gasteiger partial charge in [-0.2, -0.15) is 16.8 Å². The first kappa shape index (κ1) is 19.5. The number of nitrogens with one attached hydrogen (secondary N) is 1. The van der Waals surface area contributed by atoms with Crippen molar-refractivity contribution in [3.05, 3.63) is 0 Å². The molecule has 0 heterocycles. The van der Waals surface area contributed by atoms with Crippen LogP contribution < -0.4 is 4.13 Å². The zero-order valence-electron chi connectivity index (χ0n) is 10.4. The standard InChI is InChI=1S/C7H18P.F2HNO4S2/c1-7(2)6-8(3,4)5;1-8(4,5)3-9(2,6)7/h7H,6H2,1-5H3;3H/q+1;. The highest BCUT2D eigenvalue weighted by Crippen LogP contribution is 2.47. The molecule has 0 radical (unpaired) electrons. The second-order valence-electron chi connectivity index (χ2n) is 4.83. The maximum atomic E-state index is 11.1. The molecule has 0 bridgehead atoms. The zero-order chi connectivity index (χ0) is 14.5. The van der Waals surface area contributed by atoms with Crippen LogP contribution in [0.15, 0.2) is 0 Å². The van der Waals surface area contributed by atoms with Gasteiger partial charge in [0.25, 0.3) is 0 Å². The number of hydrogen-bond donors (Lipinski definition) is 1. The Bertz CT molecular complexity index is 384. The molecule has 0 aliphatic carbocycles. The van der Waals surface area contributed by atoms with Gasteiger partial charge in [-0.15, -0.1) is 0 Å². The maximum absolute atomic E-state index is 11.1. The summed E-state index contributed by atoms with van der Waals surface area (Å²) in [5.74, 6) is 0.892. The molecule has 0 fully saturated rings. The van der Waals surface area contributed by atoms with E-state index >= 15 is 0 Å². The van der Waals surface area contributed by atoms with Gasteiger partial charge in [0, 0.05) is 27.3 Å². The van der Waals surface area contributed by atoms with Gasteiger partial charge in [0.15, 0.2) is 0 Å². The summed E-state index contributed by atoms with van der Waals surface area (Å²) in [5, 5.41) is 0. The van der Waals surface area contributed by atoms with Gasteiger partial charge in [0.05, 0.1) is 6.16 Å². The fourth-order valence-electron chi connectivity index (χ4n) is 1.21. The summed E-state index contributed by atoms with van der Waals surface area (Å²) < 4.78 is 59.3. The van der Waals surface area contributed by atoms with Crippen molar-refractivity contribution in [3.8, 4) is 0 Å². The van der Waals surface area contributed by atoms with E-state index in [1.807, 2.05) is 0 Å². The van der Waals surface area contributed by atoms with Crippen molar-refractivity contribution in [3.63, 3.8) is 0 Å². The summed E-state index contributed by atoms with van der Waals surface area (Å²) in [6.07, 6.45) is 1.44. The van der Waals surface area contributed by atoms with Crippen molar-refractivity contribution in [2.45, 2.75) is 13.8 Å². The van der Waals surface area contributed by atoms with Crippen molar-refractivity contribution in [1.29, 1.82) is 0 Å². The van der Waals surface area contributed by atoms with Gasteiger partial charge in [-0.05, 0) is 5.92 Å². The summed E-state index contributed by atoms with van der Waals surface area (Å²) >= 11 is 0. The normalized spacial score (nSPS) is 13.2. The molecule has 0 saturated carbocycles. The molecule has 0 atom stereocenters. The quantitative estimate of drug-likeness (QED) is 0.631. The molecule has 0 aliphatic heterocycles. The van der Waals surface area contributed by atoms with Crippen molar-refractivity contribution < 1.29 is 24.6 Å². The third-order valence-corrected chi connectivity index (χ3v) is 4.53. The smallest absolute Gasteiger partial charge is 0.176 e. The van der Waals surface area contributed by atoms with E-state index in [1.165, 1.54) is 6.16 Å².